The molecule has 6 heterocycles. The van der Waals surface area contributed by atoms with E-state index in [1.54, 1.807) is 54.6 Å². The Balaban J connectivity index is 0.745. The molecule has 0 aliphatic carbocycles. The number of benzene rings is 3. The molecule has 2 bridgehead atoms. The van der Waals surface area contributed by atoms with E-state index in [9.17, 15) is 28.8 Å². The number of piperidine rings is 3. The third-order valence-electron chi connectivity index (χ3n) is 13.0. The Morgan fingerprint density at radius 1 is 0.729 bits per heavy atom. The second kappa shape index (κ2) is 15.8. The van der Waals surface area contributed by atoms with E-state index >= 15 is 0 Å². The molecule has 15 heteroatoms. The van der Waals surface area contributed by atoms with Gasteiger partial charge in [0, 0.05) is 99.5 Å². The molecule has 0 radical (unpaired) electrons. The zero-order valence-corrected chi connectivity index (χ0v) is 33.2. The Labute approximate surface area is 346 Å². The third-order valence-corrected chi connectivity index (χ3v) is 13.4. The maximum Gasteiger partial charge on any atom is 0.262 e. The number of hydrogen-bond donors (Lipinski definition) is 1. The Morgan fingerprint density at radius 2 is 1.39 bits per heavy atom. The van der Waals surface area contributed by atoms with Gasteiger partial charge in [0.25, 0.3) is 23.6 Å². The number of hydrogen-bond acceptors (Lipinski definition) is 10. The van der Waals surface area contributed by atoms with Gasteiger partial charge in [-0.05, 0) is 86.7 Å². The van der Waals surface area contributed by atoms with E-state index in [4.69, 9.17) is 21.6 Å². The number of halogens is 1. The van der Waals surface area contributed by atoms with Crippen molar-refractivity contribution >= 4 is 52.7 Å². The Morgan fingerprint density at radius 3 is 2.03 bits per heavy atom. The molecule has 3 aromatic carbocycles. The minimum atomic E-state index is -0.993. The summed E-state index contributed by atoms with van der Waals surface area (Å²) in [4.78, 5) is 87.4. The van der Waals surface area contributed by atoms with Crippen LogP contribution in [-0.4, -0.2) is 125 Å². The molecule has 59 heavy (non-hydrogen) atoms. The molecule has 4 atom stereocenters. The van der Waals surface area contributed by atoms with Crippen LogP contribution in [0.1, 0.15) is 98.4 Å². The molecule has 0 spiro atoms. The molecule has 6 amide bonds. The average Bonchev–Trinajstić information content (AvgIpc) is 3.67. The van der Waals surface area contributed by atoms with E-state index in [0.29, 0.717) is 46.6 Å². The summed E-state index contributed by atoms with van der Waals surface area (Å²) in [6.07, 6.45) is 5.24. The van der Waals surface area contributed by atoms with Gasteiger partial charge in [-0.3, -0.25) is 43.9 Å². The molecule has 14 nitrogen and oxygen atoms in total. The van der Waals surface area contributed by atoms with Crippen LogP contribution in [-0.2, 0) is 9.59 Å². The molecule has 6 aliphatic heterocycles. The van der Waals surface area contributed by atoms with Crippen LogP contribution in [0.5, 0.6) is 5.75 Å². The summed E-state index contributed by atoms with van der Waals surface area (Å²) in [5, 5.41) is 11.8. The summed E-state index contributed by atoms with van der Waals surface area (Å²) in [7, 11) is 0. The first-order valence-corrected chi connectivity index (χ1v) is 20.9. The molecule has 1 N–H and O–H groups in total. The van der Waals surface area contributed by atoms with E-state index in [2.05, 4.69) is 21.2 Å². The van der Waals surface area contributed by atoms with Crippen molar-refractivity contribution in [2.45, 2.75) is 81.6 Å². The zero-order chi connectivity index (χ0) is 40.9. The van der Waals surface area contributed by atoms with Crippen LogP contribution in [0, 0.1) is 11.3 Å². The van der Waals surface area contributed by atoms with Crippen molar-refractivity contribution in [3.8, 4) is 11.8 Å². The first-order chi connectivity index (χ1) is 28.6. The highest BCUT2D eigenvalue weighted by Crippen LogP contribution is 2.39. The van der Waals surface area contributed by atoms with Crippen LogP contribution < -0.4 is 15.0 Å². The fourth-order valence-corrected chi connectivity index (χ4v) is 10.1. The first kappa shape index (κ1) is 38.7. The molecule has 9 rings (SSSR count). The number of nitrogens with one attached hydrogen (secondary N) is 1. The van der Waals surface area contributed by atoms with E-state index in [1.807, 2.05) is 15.9 Å². The Kier molecular flexibility index (Phi) is 10.3. The van der Waals surface area contributed by atoms with Gasteiger partial charge in [-0.15, -0.1) is 0 Å². The summed E-state index contributed by atoms with van der Waals surface area (Å²) in [6.45, 7) is 4.29. The number of imide groups is 2. The first-order valence-electron chi connectivity index (χ1n) is 20.5. The van der Waals surface area contributed by atoms with Crippen molar-refractivity contribution in [3.05, 3.63) is 93.5 Å². The summed E-state index contributed by atoms with van der Waals surface area (Å²) in [5.41, 5.74) is 2.94. The van der Waals surface area contributed by atoms with Crippen molar-refractivity contribution < 1.29 is 33.5 Å². The van der Waals surface area contributed by atoms with Gasteiger partial charge in [-0.1, -0.05) is 11.6 Å². The maximum atomic E-state index is 13.8. The molecule has 6 aliphatic rings. The van der Waals surface area contributed by atoms with E-state index < -0.39 is 29.7 Å². The number of piperazine rings is 1. The predicted molar refractivity (Wildman–Crippen MR) is 215 cm³/mol. The highest BCUT2D eigenvalue weighted by molar-refractivity contribution is 6.31. The lowest BCUT2D eigenvalue weighted by molar-refractivity contribution is -0.136. The normalized spacial score (nSPS) is 24.9. The van der Waals surface area contributed by atoms with Crippen molar-refractivity contribution in [1.29, 1.82) is 5.26 Å². The van der Waals surface area contributed by atoms with Crippen molar-refractivity contribution in [2.75, 3.05) is 44.2 Å². The molecule has 0 saturated carbocycles. The molecular formula is C44H44ClN7O7. The van der Waals surface area contributed by atoms with Crippen LogP contribution in [0.3, 0.4) is 0 Å². The van der Waals surface area contributed by atoms with Gasteiger partial charge in [0.05, 0.1) is 21.7 Å². The SMILES string of the molecule is N#Cc1ccc(OC2C[C@H]3CC[C@@H](C2)N3C(=O)c2ccc(C(=O)N3CCN(C4CCN(c5ccc6c(c5)C(=O)N(C5CCC(=O)NC5=O)C6=O)CC4)CC3)cc2)cc1Cl. The average molecular weight is 818 g/mol. The van der Waals surface area contributed by atoms with Gasteiger partial charge >= 0.3 is 0 Å². The standard InChI is InChI=1S/C44H44ClN7O7/c45-37-24-33(9-5-28(37)25-46)59-34-21-31-6-7-32(22-34)51(31)42(56)27-3-1-26(2-4-27)41(55)50-19-17-49(18-20-50)29-13-15-48(16-14-29)30-8-10-35-36(23-30)44(58)52(43(35)57)38-11-12-39(53)47-40(38)54/h1-5,8-10,23-24,29,31-32,34,38H,6-7,11-22H2,(H,47,53,54)/t31-,32+,34?,38?. The van der Waals surface area contributed by atoms with E-state index in [1.165, 1.54) is 0 Å². The number of amides is 6. The van der Waals surface area contributed by atoms with Gasteiger partial charge in [-0.25, -0.2) is 0 Å². The topological polar surface area (TPSA) is 164 Å². The number of carbonyl (C=O) groups excluding carboxylic acids is 6. The number of carbonyl (C=O) groups is 6. The zero-order valence-electron chi connectivity index (χ0n) is 32.5. The number of nitrogens with zero attached hydrogens (tertiary/aromatic N) is 6. The van der Waals surface area contributed by atoms with Crippen LogP contribution >= 0.6 is 11.6 Å². The van der Waals surface area contributed by atoms with Crippen LogP contribution in [0.2, 0.25) is 5.02 Å². The lowest BCUT2D eigenvalue weighted by Crippen LogP contribution is -2.54. The van der Waals surface area contributed by atoms with Gasteiger partial charge in [-0.2, -0.15) is 5.26 Å². The summed E-state index contributed by atoms with van der Waals surface area (Å²) in [5.74, 6) is -1.48. The van der Waals surface area contributed by atoms with Gasteiger partial charge in [0.1, 0.15) is 24.0 Å². The van der Waals surface area contributed by atoms with Crippen molar-refractivity contribution in [3.63, 3.8) is 0 Å². The lowest BCUT2D eigenvalue weighted by atomic mass is 9.98. The lowest BCUT2D eigenvalue weighted by Gasteiger charge is -2.43. The fourth-order valence-electron chi connectivity index (χ4n) is 9.93. The highest BCUT2D eigenvalue weighted by Gasteiger charge is 2.46. The molecule has 304 valence electrons. The molecule has 0 aromatic heterocycles. The third kappa shape index (κ3) is 7.31. The minimum Gasteiger partial charge on any atom is -0.490 e. The molecule has 5 saturated heterocycles. The Bertz CT molecular complexity index is 2260. The number of anilines is 1. The Hall–Kier alpha value is -5.78. The molecule has 3 aromatic rings. The summed E-state index contributed by atoms with van der Waals surface area (Å²) < 4.78 is 6.24. The largest absolute Gasteiger partial charge is 0.490 e. The van der Waals surface area contributed by atoms with E-state index in [-0.39, 0.29) is 54.0 Å². The van der Waals surface area contributed by atoms with Gasteiger partial charge in [0.15, 0.2) is 0 Å². The van der Waals surface area contributed by atoms with Gasteiger partial charge in [0.2, 0.25) is 11.8 Å². The highest BCUT2D eigenvalue weighted by atomic mass is 35.5. The van der Waals surface area contributed by atoms with Crippen LogP contribution in [0.4, 0.5) is 5.69 Å². The summed E-state index contributed by atoms with van der Waals surface area (Å²) in [6, 6.07) is 19.0. The quantitative estimate of drug-likeness (QED) is 0.341. The summed E-state index contributed by atoms with van der Waals surface area (Å²) >= 11 is 6.21. The number of fused-ring (bicyclic) bond motifs is 3. The second-order valence-corrected chi connectivity index (χ2v) is 16.8. The fraction of sp³-hybridized carbons (Fsp3) is 0.432. The second-order valence-electron chi connectivity index (χ2n) is 16.4. The van der Waals surface area contributed by atoms with Gasteiger partial charge < -0.3 is 19.4 Å². The molecule has 2 unspecified atom stereocenters. The minimum absolute atomic E-state index is 0.0211. The number of rotatable bonds is 7. The predicted octanol–water partition coefficient (Wildman–Crippen LogP) is 4.25. The molecular weight excluding hydrogens is 774 g/mol. The van der Waals surface area contributed by atoms with Crippen LogP contribution in [0.15, 0.2) is 60.7 Å². The molecule has 5 fully saturated rings. The van der Waals surface area contributed by atoms with Crippen molar-refractivity contribution in [1.82, 2.24) is 24.9 Å². The number of ether oxygens (including phenoxy) is 1. The smallest absolute Gasteiger partial charge is 0.262 e. The number of nitriles is 1. The maximum absolute atomic E-state index is 13.8. The van der Waals surface area contributed by atoms with E-state index in [0.717, 1.165) is 75.3 Å². The van der Waals surface area contributed by atoms with Crippen molar-refractivity contribution in [2.24, 2.45) is 0 Å². The monoisotopic (exact) mass is 817 g/mol. The van der Waals surface area contributed by atoms with Crippen LogP contribution in [0.25, 0.3) is 0 Å².